The second-order valence-corrected chi connectivity index (χ2v) is 8.71. The molecule has 7 heteroatoms. The van der Waals surface area contributed by atoms with Crippen molar-refractivity contribution >= 4 is 11.9 Å². The predicted octanol–water partition coefficient (Wildman–Crippen LogP) is 4.44. The van der Waals surface area contributed by atoms with Gasteiger partial charge < -0.3 is 24.8 Å². The maximum atomic E-state index is 11.6. The van der Waals surface area contributed by atoms with Crippen LogP contribution in [0, 0.1) is 0 Å². The largest absolute Gasteiger partial charge is 0.466 e. The number of rotatable bonds is 23. The number of unbranched alkanes of at least 4 members (excludes halogenated alkanes) is 15. The molecule has 0 aliphatic rings. The van der Waals surface area contributed by atoms with Gasteiger partial charge in [-0.05, 0) is 6.42 Å². The number of ether oxygens (including phenoxy) is 2. The molecule has 0 heterocycles. The molecule has 0 aliphatic carbocycles. The molecule has 0 spiro atoms. The van der Waals surface area contributed by atoms with Crippen molar-refractivity contribution in [3.8, 4) is 0 Å². The first-order valence-corrected chi connectivity index (χ1v) is 12.8. The molecule has 32 heavy (non-hydrogen) atoms. The lowest BCUT2D eigenvalue weighted by Crippen LogP contribution is -2.30. The normalized spacial score (nSPS) is 13.0. The minimum absolute atomic E-state index is 0.280. The molecule has 0 saturated carbocycles. The highest BCUT2D eigenvalue weighted by Crippen LogP contribution is 2.13. The van der Waals surface area contributed by atoms with E-state index >= 15 is 0 Å². The lowest BCUT2D eigenvalue weighted by Gasteiger charge is -2.12. The summed E-state index contributed by atoms with van der Waals surface area (Å²) >= 11 is 0. The van der Waals surface area contributed by atoms with Gasteiger partial charge in [-0.25, -0.2) is 4.79 Å². The highest BCUT2D eigenvalue weighted by Gasteiger charge is 2.22. The summed E-state index contributed by atoms with van der Waals surface area (Å²) in [7, 11) is 0. The van der Waals surface area contributed by atoms with Crippen LogP contribution in [0.2, 0.25) is 0 Å². The van der Waals surface area contributed by atoms with E-state index < -0.39 is 43.8 Å². The van der Waals surface area contributed by atoms with Crippen LogP contribution in [0.4, 0.5) is 0 Å². The van der Waals surface area contributed by atoms with Crippen molar-refractivity contribution in [2.45, 2.75) is 128 Å². The summed E-state index contributed by atoms with van der Waals surface area (Å²) in [5.41, 5.74) is 0. The van der Waals surface area contributed by atoms with E-state index in [1.807, 2.05) is 0 Å². The van der Waals surface area contributed by atoms with Crippen molar-refractivity contribution in [1.29, 1.82) is 0 Å². The van der Waals surface area contributed by atoms with Crippen LogP contribution < -0.4 is 0 Å². The zero-order valence-electron chi connectivity index (χ0n) is 20.3. The maximum Gasteiger partial charge on any atom is 0.335 e. The minimum Gasteiger partial charge on any atom is -0.466 e. The van der Waals surface area contributed by atoms with E-state index in [1.54, 1.807) is 0 Å². The van der Waals surface area contributed by atoms with Crippen LogP contribution in [-0.4, -0.2) is 59.3 Å². The Morgan fingerprint density at radius 1 is 0.688 bits per heavy atom. The zero-order chi connectivity index (χ0) is 23.9. The van der Waals surface area contributed by atoms with Gasteiger partial charge in [0.15, 0.2) is 6.10 Å². The van der Waals surface area contributed by atoms with Gasteiger partial charge in [0.1, 0.15) is 12.7 Å². The van der Waals surface area contributed by atoms with Gasteiger partial charge in [-0.1, -0.05) is 103 Å². The Labute approximate surface area is 194 Å². The Balaban J connectivity index is 3.37. The molecule has 0 aromatic carbocycles. The van der Waals surface area contributed by atoms with E-state index in [0.29, 0.717) is 0 Å². The number of aliphatic hydroxyl groups excluding tert-OH is 3. The summed E-state index contributed by atoms with van der Waals surface area (Å²) in [4.78, 5) is 23.1. The third kappa shape index (κ3) is 20.7. The van der Waals surface area contributed by atoms with Gasteiger partial charge in [-0.2, -0.15) is 0 Å². The van der Waals surface area contributed by atoms with Crippen LogP contribution >= 0.6 is 0 Å². The second-order valence-electron chi connectivity index (χ2n) is 8.71. The van der Waals surface area contributed by atoms with Crippen molar-refractivity contribution in [3.05, 3.63) is 0 Å². The highest BCUT2D eigenvalue weighted by molar-refractivity contribution is 5.81. The average Bonchev–Trinajstić information content (AvgIpc) is 2.79. The van der Waals surface area contributed by atoms with Crippen molar-refractivity contribution in [3.63, 3.8) is 0 Å². The molecule has 0 saturated heterocycles. The fourth-order valence-electron chi connectivity index (χ4n) is 3.46. The van der Waals surface area contributed by atoms with Gasteiger partial charge in [0, 0.05) is 0 Å². The molecule has 0 aliphatic heterocycles. The van der Waals surface area contributed by atoms with Gasteiger partial charge in [0.05, 0.1) is 19.6 Å². The summed E-state index contributed by atoms with van der Waals surface area (Å²) < 4.78 is 9.62. The van der Waals surface area contributed by atoms with E-state index in [4.69, 9.17) is 14.9 Å². The summed E-state index contributed by atoms with van der Waals surface area (Å²) in [5, 5.41) is 27.3. The summed E-state index contributed by atoms with van der Waals surface area (Å²) in [6.07, 6.45) is 17.1. The highest BCUT2D eigenvalue weighted by atomic mass is 16.6. The fraction of sp³-hybridized carbons (Fsp3) is 0.920. The molecule has 7 nitrogen and oxygen atoms in total. The van der Waals surface area contributed by atoms with Crippen LogP contribution in [0.1, 0.15) is 116 Å². The second kappa shape index (κ2) is 23.0. The number of esters is 2. The molecule has 2 atom stereocenters. The standard InChI is InChI=1S/C25H48O7/c1-2-3-4-5-6-7-8-9-10-11-12-13-14-15-16-17-18-31-24(29)19-23(28)25(30)32-21-22(27)20-26/h22-23,26-28H,2-21H2,1H3. The smallest absolute Gasteiger partial charge is 0.335 e. The predicted molar refractivity (Wildman–Crippen MR) is 125 cm³/mol. The third-order valence-electron chi connectivity index (χ3n) is 5.52. The first-order chi connectivity index (χ1) is 15.5. The topological polar surface area (TPSA) is 113 Å². The van der Waals surface area contributed by atoms with E-state index in [-0.39, 0.29) is 6.61 Å². The van der Waals surface area contributed by atoms with Crippen LogP contribution in [0.15, 0.2) is 0 Å². The van der Waals surface area contributed by atoms with E-state index in [0.717, 1.165) is 19.3 Å². The lowest BCUT2D eigenvalue weighted by molar-refractivity contribution is -0.162. The van der Waals surface area contributed by atoms with E-state index in [2.05, 4.69) is 11.7 Å². The molecule has 0 aromatic heterocycles. The quantitative estimate of drug-likeness (QED) is 0.153. The Morgan fingerprint density at radius 3 is 1.56 bits per heavy atom. The molecular formula is C25H48O7. The van der Waals surface area contributed by atoms with Crippen molar-refractivity contribution in [2.75, 3.05) is 19.8 Å². The Hall–Kier alpha value is -1.18. The lowest BCUT2D eigenvalue weighted by atomic mass is 10.0. The number of hydrogen-bond acceptors (Lipinski definition) is 7. The monoisotopic (exact) mass is 460 g/mol. The van der Waals surface area contributed by atoms with Crippen molar-refractivity contribution in [1.82, 2.24) is 0 Å². The molecule has 2 unspecified atom stereocenters. The Morgan fingerprint density at radius 2 is 1.12 bits per heavy atom. The SMILES string of the molecule is CCCCCCCCCCCCCCCCCCOC(=O)CC(O)C(=O)OCC(O)CO. The molecule has 0 rings (SSSR count). The molecule has 0 amide bonds. The molecule has 0 aromatic rings. The van der Waals surface area contributed by atoms with Gasteiger partial charge >= 0.3 is 11.9 Å². The first-order valence-electron chi connectivity index (χ1n) is 12.8. The first kappa shape index (κ1) is 30.8. The Kier molecular flexibility index (Phi) is 22.1. The van der Waals surface area contributed by atoms with E-state index in [9.17, 15) is 14.7 Å². The number of carbonyl (C=O) groups is 2. The minimum atomic E-state index is -1.63. The molecule has 0 radical (unpaired) electrons. The number of hydrogen-bond donors (Lipinski definition) is 3. The number of carbonyl (C=O) groups excluding carboxylic acids is 2. The zero-order valence-corrected chi connectivity index (χ0v) is 20.3. The van der Waals surface area contributed by atoms with Crippen LogP contribution in [0.5, 0.6) is 0 Å². The summed E-state index contributed by atoms with van der Waals surface area (Å²) in [6.45, 7) is 1.56. The molecule has 0 fully saturated rings. The third-order valence-corrected chi connectivity index (χ3v) is 5.52. The van der Waals surface area contributed by atoms with Gasteiger partial charge in [-0.15, -0.1) is 0 Å². The van der Waals surface area contributed by atoms with Gasteiger partial charge in [0.2, 0.25) is 0 Å². The van der Waals surface area contributed by atoms with Crippen molar-refractivity contribution in [2.24, 2.45) is 0 Å². The molecule has 190 valence electrons. The van der Waals surface area contributed by atoms with E-state index in [1.165, 1.54) is 83.5 Å². The van der Waals surface area contributed by atoms with Gasteiger partial charge in [-0.3, -0.25) is 4.79 Å². The van der Waals surface area contributed by atoms with Gasteiger partial charge in [0.25, 0.3) is 0 Å². The molecule has 3 N–H and O–H groups in total. The Bertz CT molecular complexity index is 442. The fourth-order valence-corrected chi connectivity index (χ4v) is 3.46. The molecular weight excluding hydrogens is 412 g/mol. The van der Waals surface area contributed by atoms with Crippen LogP contribution in [-0.2, 0) is 19.1 Å². The number of aliphatic hydroxyl groups is 3. The van der Waals surface area contributed by atoms with Crippen LogP contribution in [0.25, 0.3) is 0 Å². The average molecular weight is 461 g/mol. The maximum absolute atomic E-state index is 11.6. The molecule has 0 bridgehead atoms. The summed E-state index contributed by atoms with van der Waals surface area (Å²) in [6, 6.07) is 0. The van der Waals surface area contributed by atoms with Crippen molar-refractivity contribution < 1.29 is 34.4 Å². The summed E-state index contributed by atoms with van der Waals surface area (Å²) in [5.74, 6) is -1.67. The van der Waals surface area contributed by atoms with Crippen LogP contribution in [0.3, 0.4) is 0 Å².